The molecule has 1 unspecified atom stereocenters. The first-order chi connectivity index (χ1) is 6.17. The molecule has 0 spiro atoms. The highest BCUT2D eigenvalue weighted by Gasteiger charge is 2.27. The average molecular weight is 202 g/mol. The Morgan fingerprint density at radius 2 is 2.08 bits per heavy atom. The lowest BCUT2D eigenvalue weighted by atomic mass is 10.1. The van der Waals surface area contributed by atoms with Gasteiger partial charge in [0.15, 0.2) is 9.84 Å². The molecule has 0 aromatic carbocycles. The smallest absolute Gasteiger partial charge is 0.153 e. The summed E-state index contributed by atoms with van der Waals surface area (Å²) in [5, 5.41) is -0.252. The summed E-state index contributed by atoms with van der Waals surface area (Å²) in [5.74, 6) is 0.312. The number of carbonyl (C=O) groups is 1. The molecule has 0 radical (unpaired) electrons. The van der Waals surface area contributed by atoms with Crippen molar-refractivity contribution in [3.63, 3.8) is 0 Å². The molecule has 0 aromatic heterocycles. The van der Waals surface area contributed by atoms with Crippen LogP contribution in [0.5, 0.6) is 0 Å². The minimum absolute atomic E-state index is 0.252. The highest BCUT2D eigenvalue weighted by atomic mass is 32.2. The number of rotatable bonds is 3. The van der Waals surface area contributed by atoms with Gasteiger partial charge >= 0.3 is 0 Å². The van der Waals surface area contributed by atoms with Crippen LogP contribution in [0.3, 0.4) is 0 Å². The Labute approximate surface area is 78.8 Å². The van der Waals surface area contributed by atoms with Crippen molar-refractivity contribution in [1.82, 2.24) is 0 Å². The van der Waals surface area contributed by atoms with E-state index in [9.17, 15) is 13.2 Å². The quantitative estimate of drug-likeness (QED) is 0.508. The fourth-order valence-corrected chi connectivity index (χ4v) is 3.44. The molecule has 4 heteroatoms. The van der Waals surface area contributed by atoms with Gasteiger partial charge in [0.2, 0.25) is 0 Å². The lowest BCUT2D eigenvalue weighted by Crippen LogP contribution is -2.27. The van der Waals surface area contributed by atoms with Gasteiger partial charge in [0, 0.05) is 0 Å². The zero-order valence-electron chi connectivity index (χ0n) is 7.48. The molecule has 1 rings (SSSR count). The Bertz CT molecular complexity index is 290. The maximum atomic E-state index is 11.5. The highest BCUT2D eigenvalue weighted by Crippen LogP contribution is 2.22. The van der Waals surface area contributed by atoms with Gasteiger partial charge in [-0.2, -0.15) is 0 Å². The van der Waals surface area contributed by atoms with Crippen molar-refractivity contribution in [3.05, 3.63) is 12.2 Å². The van der Waals surface area contributed by atoms with Crippen molar-refractivity contribution in [1.29, 1.82) is 0 Å². The van der Waals surface area contributed by atoms with Crippen molar-refractivity contribution in [3.8, 4) is 0 Å². The Morgan fingerprint density at radius 1 is 1.31 bits per heavy atom. The first-order valence-corrected chi connectivity index (χ1v) is 6.20. The number of allylic oxidation sites excluding steroid dienone is 2. The Morgan fingerprint density at radius 3 is 2.69 bits per heavy atom. The summed E-state index contributed by atoms with van der Waals surface area (Å²) in [6.45, 7) is 0. The fourth-order valence-electron chi connectivity index (χ4n) is 1.57. The molecule has 1 aliphatic heterocycles. The van der Waals surface area contributed by atoms with Crippen LogP contribution in [-0.4, -0.2) is 25.7 Å². The molecule has 0 aromatic rings. The van der Waals surface area contributed by atoms with Gasteiger partial charge in [-0.15, -0.1) is 0 Å². The van der Waals surface area contributed by atoms with Gasteiger partial charge in [0.05, 0.1) is 11.0 Å². The maximum Gasteiger partial charge on any atom is 0.153 e. The summed E-state index contributed by atoms with van der Waals surface area (Å²) < 4.78 is 22.9. The van der Waals surface area contributed by atoms with E-state index in [1.165, 1.54) is 6.08 Å². The maximum absolute atomic E-state index is 11.5. The highest BCUT2D eigenvalue weighted by molar-refractivity contribution is 7.92. The molecule has 0 amide bonds. The van der Waals surface area contributed by atoms with Crippen molar-refractivity contribution in [2.75, 3.05) is 5.75 Å². The van der Waals surface area contributed by atoms with E-state index < -0.39 is 9.84 Å². The number of sulfone groups is 1. The largest absolute Gasteiger partial charge is 0.299 e. The SMILES string of the molecule is O=C/C=C\CC1CCCCS1(=O)=O. The predicted molar refractivity (Wildman–Crippen MR) is 51.2 cm³/mol. The normalized spacial score (nSPS) is 27.5. The van der Waals surface area contributed by atoms with Crippen LogP contribution in [0.1, 0.15) is 25.7 Å². The first kappa shape index (κ1) is 10.4. The van der Waals surface area contributed by atoms with E-state index >= 15 is 0 Å². The Balaban J connectivity index is 2.56. The van der Waals surface area contributed by atoms with E-state index in [1.54, 1.807) is 6.08 Å². The van der Waals surface area contributed by atoms with Gasteiger partial charge in [0.1, 0.15) is 6.29 Å². The van der Waals surface area contributed by atoms with Crippen LogP contribution >= 0.6 is 0 Å². The van der Waals surface area contributed by atoms with Crippen molar-refractivity contribution >= 4 is 16.1 Å². The molecule has 74 valence electrons. The van der Waals surface area contributed by atoms with Crippen LogP contribution in [0.25, 0.3) is 0 Å². The summed E-state index contributed by atoms with van der Waals surface area (Å²) >= 11 is 0. The molecule has 0 N–H and O–H groups in total. The molecule has 1 aliphatic rings. The lowest BCUT2D eigenvalue weighted by molar-refractivity contribution is -0.104. The average Bonchev–Trinajstić information content (AvgIpc) is 2.08. The lowest BCUT2D eigenvalue weighted by Gasteiger charge is -2.20. The summed E-state index contributed by atoms with van der Waals surface area (Å²) in [6.07, 6.45) is 6.68. The van der Waals surface area contributed by atoms with Crippen LogP contribution in [-0.2, 0) is 14.6 Å². The third-order valence-corrected chi connectivity index (χ3v) is 4.63. The second kappa shape index (κ2) is 4.56. The molecule has 0 bridgehead atoms. The number of hydrogen-bond acceptors (Lipinski definition) is 3. The van der Waals surface area contributed by atoms with Crippen molar-refractivity contribution < 1.29 is 13.2 Å². The number of aldehydes is 1. The second-order valence-electron chi connectivity index (χ2n) is 3.28. The van der Waals surface area contributed by atoms with Crippen molar-refractivity contribution in [2.24, 2.45) is 0 Å². The topological polar surface area (TPSA) is 51.2 Å². The zero-order chi connectivity index (χ0) is 9.73. The molecule has 1 heterocycles. The molecule has 1 saturated heterocycles. The minimum Gasteiger partial charge on any atom is -0.299 e. The molecular weight excluding hydrogens is 188 g/mol. The Hall–Kier alpha value is -0.640. The number of carbonyl (C=O) groups excluding carboxylic acids is 1. The van der Waals surface area contributed by atoms with E-state index in [-0.39, 0.29) is 5.25 Å². The molecule has 3 nitrogen and oxygen atoms in total. The van der Waals surface area contributed by atoms with E-state index in [1.807, 2.05) is 0 Å². The van der Waals surface area contributed by atoms with E-state index in [4.69, 9.17) is 0 Å². The van der Waals surface area contributed by atoms with Gasteiger partial charge in [-0.1, -0.05) is 12.5 Å². The van der Waals surface area contributed by atoms with E-state index in [2.05, 4.69) is 0 Å². The molecular formula is C9H14O3S. The van der Waals surface area contributed by atoms with Crippen LogP contribution in [0.2, 0.25) is 0 Å². The monoisotopic (exact) mass is 202 g/mol. The summed E-state index contributed by atoms with van der Waals surface area (Å²) in [7, 11) is -2.87. The van der Waals surface area contributed by atoms with Crippen LogP contribution < -0.4 is 0 Å². The minimum atomic E-state index is -2.87. The van der Waals surface area contributed by atoms with Crippen LogP contribution in [0, 0.1) is 0 Å². The first-order valence-electron chi connectivity index (χ1n) is 4.48. The van der Waals surface area contributed by atoms with Gasteiger partial charge in [0.25, 0.3) is 0 Å². The molecule has 0 aliphatic carbocycles. The fraction of sp³-hybridized carbons (Fsp3) is 0.667. The number of hydrogen-bond donors (Lipinski definition) is 0. The van der Waals surface area contributed by atoms with Crippen molar-refractivity contribution in [2.45, 2.75) is 30.9 Å². The molecule has 1 fully saturated rings. The summed E-state index contributed by atoms with van der Waals surface area (Å²) in [4.78, 5) is 9.97. The predicted octanol–water partition coefficient (Wildman–Crippen LogP) is 1.10. The zero-order valence-corrected chi connectivity index (χ0v) is 8.29. The molecule has 0 saturated carbocycles. The second-order valence-corrected chi connectivity index (χ2v) is 5.69. The third-order valence-electron chi connectivity index (χ3n) is 2.33. The van der Waals surface area contributed by atoms with Crippen LogP contribution in [0.4, 0.5) is 0 Å². The Kier molecular flexibility index (Phi) is 3.66. The van der Waals surface area contributed by atoms with Crippen LogP contribution in [0.15, 0.2) is 12.2 Å². The molecule has 1 atom stereocenters. The van der Waals surface area contributed by atoms with Gasteiger partial charge in [-0.3, -0.25) is 4.79 Å². The summed E-state index contributed by atoms with van der Waals surface area (Å²) in [6, 6.07) is 0. The van der Waals surface area contributed by atoms with Gasteiger partial charge in [-0.25, -0.2) is 8.42 Å². The molecule has 13 heavy (non-hydrogen) atoms. The van der Waals surface area contributed by atoms with Gasteiger partial charge < -0.3 is 0 Å². The van der Waals surface area contributed by atoms with E-state index in [0.717, 1.165) is 19.3 Å². The van der Waals surface area contributed by atoms with Gasteiger partial charge in [-0.05, 0) is 25.3 Å². The summed E-state index contributed by atoms with van der Waals surface area (Å²) in [5.41, 5.74) is 0. The third kappa shape index (κ3) is 2.95. The standard InChI is InChI=1S/C9H14O3S/c10-7-3-1-5-9-6-2-4-8-13(9,11)12/h1,3,7,9H,2,4-6,8H2/b3-1-. The van der Waals surface area contributed by atoms with E-state index in [0.29, 0.717) is 18.5 Å².